The highest BCUT2D eigenvalue weighted by atomic mass is 32.1. The molecule has 5 heteroatoms. The van der Waals surface area contributed by atoms with Gasteiger partial charge in [-0.05, 0) is 37.3 Å². The molecule has 0 atom stereocenters. The van der Waals surface area contributed by atoms with Crippen LogP contribution in [0.1, 0.15) is 37.7 Å². The number of aryl methyl sites for hydroxylation is 3. The van der Waals surface area contributed by atoms with Crippen LogP contribution in [-0.4, -0.2) is 17.4 Å². The van der Waals surface area contributed by atoms with E-state index in [9.17, 15) is 4.79 Å². The highest BCUT2D eigenvalue weighted by Crippen LogP contribution is 2.18. The summed E-state index contributed by atoms with van der Waals surface area (Å²) in [5.41, 5.74) is 2.22. The van der Waals surface area contributed by atoms with Gasteiger partial charge in [0.05, 0.1) is 15.6 Å². The molecule has 19 heavy (non-hydrogen) atoms. The van der Waals surface area contributed by atoms with Gasteiger partial charge in [0, 0.05) is 17.8 Å². The molecule has 2 rings (SSSR count). The zero-order valence-electron chi connectivity index (χ0n) is 11.4. The zero-order chi connectivity index (χ0) is 13.8. The standard InChI is InChI=1S/C14H18N2OS2/c1-4-11-10(3)19-12(16-11)5-7-15-14(17)13-9(2)6-8-18-13/h6,8H,4-5,7H2,1-3H3,(H,15,17). The number of carbonyl (C=O) groups excluding carboxylic acids is 1. The smallest absolute Gasteiger partial charge is 0.261 e. The number of rotatable bonds is 5. The molecule has 3 nitrogen and oxygen atoms in total. The third-order valence-corrected chi connectivity index (χ3v) is 5.05. The summed E-state index contributed by atoms with van der Waals surface area (Å²) in [4.78, 5) is 18.6. The number of nitrogens with one attached hydrogen (secondary N) is 1. The van der Waals surface area contributed by atoms with Gasteiger partial charge in [-0.2, -0.15) is 0 Å². The third-order valence-electron chi connectivity index (χ3n) is 2.96. The van der Waals surface area contributed by atoms with E-state index < -0.39 is 0 Å². The summed E-state index contributed by atoms with van der Waals surface area (Å²) in [7, 11) is 0. The predicted molar refractivity (Wildman–Crippen MR) is 81.3 cm³/mol. The van der Waals surface area contributed by atoms with Crippen LogP contribution < -0.4 is 5.32 Å². The van der Waals surface area contributed by atoms with Crippen molar-refractivity contribution in [2.45, 2.75) is 33.6 Å². The van der Waals surface area contributed by atoms with Crippen LogP contribution in [0.3, 0.4) is 0 Å². The lowest BCUT2D eigenvalue weighted by Crippen LogP contribution is -2.25. The van der Waals surface area contributed by atoms with E-state index in [4.69, 9.17) is 0 Å². The molecular weight excluding hydrogens is 276 g/mol. The number of hydrogen-bond acceptors (Lipinski definition) is 4. The van der Waals surface area contributed by atoms with E-state index in [1.54, 1.807) is 11.3 Å². The normalized spacial score (nSPS) is 10.7. The molecule has 0 aromatic carbocycles. The molecule has 0 radical (unpaired) electrons. The molecule has 0 bridgehead atoms. The quantitative estimate of drug-likeness (QED) is 0.919. The van der Waals surface area contributed by atoms with Crippen LogP contribution in [0.25, 0.3) is 0 Å². The Balaban J connectivity index is 1.86. The number of thiophene rings is 1. The number of nitrogens with zero attached hydrogens (tertiary/aromatic N) is 1. The molecule has 0 saturated heterocycles. The first kappa shape index (κ1) is 14.2. The fourth-order valence-electron chi connectivity index (χ4n) is 1.89. The van der Waals surface area contributed by atoms with Crippen molar-refractivity contribution in [1.82, 2.24) is 10.3 Å². The van der Waals surface area contributed by atoms with Crippen molar-refractivity contribution in [2.75, 3.05) is 6.54 Å². The van der Waals surface area contributed by atoms with Gasteiger partial charge in [-0.1, -0.05) is 6.92 Å². The maximum absolute atomic E-state index is 11.9. The average molecular weight is 294 g/mol. The van der Waals surface area contributed by atoms with Crippen molar-refractivity contribution < 1.29 is 4.79 Å². The summed E-state index contributed by atoms with van der Waals surface area (Å²) in [6, 6.07) is 1.97. The monoisotopic (exact) mass is 294 g/mol. The van der Waals surface area contributed by atoms with Crippen molar-refractivity contribution in [2.24, 2.45) is 0 Å². The van der Waals surface area contributed by atoms with Gasteiger partial charge in [0.1, 0.15) is 0 Å². The average Bonchev–Trinajstić information content (AvgIpc) is 2.95. The Kier molecular flexibility index (Phi) is 4.71. The van der Waals surface area contributed by atoms with Crippen molar-refractivity contribution in [3.8, 4) is 0 Å². The molecule has 2 aromatic rings. The topological polar surface area (TPSA) is 42.0 Å². The van der Waals surface area contributed by atoms with E-state index in [0.29, 0.717) is 6.54 Å². The predicted octanol–water partition coefficient (Wildman–Crippen LogP) is 3.36. The van der Waals surface area contributed by atoms with Gasteiger partial charge >= 0.3 is 0 Å². The Morgan fingerprint density at radius 2 is 2.21 bits per heavy atom. The molecule has 102 valence electrons. The number of thiazole rings is 1. The fourth-order valence-corrected chi connectivity index (χ4v) is 3.75. The molecule has 1 amide bonds. The van der Waals surface area contributed by atoms with E-state index in [0.717, 1.165) is 28.3 Å². The minimum absolute atomic E-state index is 0.0245. The van der Waals surface area contributed by atoms with Gasteiger partial charge in [-0.3, -0.25) is 4.79 Å². The van der Waals surface area contributed by atoms with Gasteiger partial charge in [0.15, 0.2) is 0 Å². The lowest BCUT2D eigenvalue weighted by atomic mass is 10.3. The Hall–Kier alpha value is -1.20. The molecule has 0 fully saturated rings. The zero-order valence-corrected chi connectivity index (χ0v) is 13.1. The number of carbonyl (C=O) groups is 1. The van der Waals surface area contributed by atoms with Gasteiger partial charge in [0.25, 0.3) is 5.91 Å². The molecule has 0 unspecified atom stereocenters. The second-order valence-corrected chi connectivity index (χ2v) is 6.61. The molecule has 0 aliphatic carbocycles. The summed E-state index contributed by atoms with van der Waals surface area (Å²) >= 11 is 3.22. The highest BCUT2D eigenvalue weighted by Gasteiger charge is 2.10. The minimum atomic E-state index is 0.0245. The Bertz CT molecular complexity index is 572. The van der Waals surface area contributed by atoms with Crippen molar-refractivity contribution in [1.29, 1.82) is 0 Å². The summed E-state index contributed by atoms with van der Waals surface area (Å²) in [6.07, 6.45) is 1.78. The van der Waals surface area contributed by atoms with Gasteiger partial charge in [-0.25, -0.2) is 4.98 Å². The first-order chi connectivity index (χ1) is 9.11. The van der Waals surface area contributed by atoms with Crippen LogP contribution in [0.5, 0.6) is 0 Å². The van der Waals surface area contributed by atoms with Crippen LogP contribution in [0.2, 0.25) is 0 Å². The SMILES string of the molecule is CCc1nc(CCNC(=O)c2sccc2C)sc1C. The van der Waals surface area contributed by atoms with E-state index in [-0.39, 0.29) is 5.91 Å². The molecule has 1 N–H and O–H groups in total. The molecule has 0 saturated carbocycles. The van der Waals surface area contributed by atoms with Crippen molar-refractivity contribution in [3.05, 3.63) is 37.5 Å². The minimum Gasteiger partial charge on any atom is -0.351 e. The van der Waals surface area contributed by atoms with Gasteiger partial charge < -0.3 is 5.32 Å². The summed E-state index contributed by atoms with van der Waals surface area (Å²) < 4.78 is 0. The molecule has 0 aliphatic heterocycles. The molecule has 2 heterocycles. The largest absolute Gasteiger partial charge is 0.351 e. The van der Waals surface area contributed by atoms with Crippen LogP contribution >= 0.6 is 22.7 Å². The Morgan fingerprint density at radius 3 is 2.79 bits per heavy atom. The Labute approximate surface area is 121 Å². The van der Waals surface area contributed by atoms with Crippen LogP contribution in [0, 0.1) is 13.8 Å². The molecule has 2 aromatic heterocycles. The van der Waals surface area contributed by atoms with Crippen molar-refractivity contribution >= 4 is 28.6 Å². The summed E-state index contributed by atoms with van der Waals surface area (Å²) in [5, 5.41) is 6.01. The van der Waals surface area contributed by atoms with E-state index in [2.05, 4.69) is 24.1 Å². The second-order valence-electron chi connectivity index (χ2n) is 4.40. The van der Waals surface area contributed by atoms with Gasteiger partial charge in [0.2, 0.25) is 0 Å². The molecular formula is C14H18N2OS2. The number of aromatic nitrogens is 1. The van der Waals surface area contributed by atoms with E-state index in [1.807, 2.05) is 18.4 Å². The van der Waals surface area contributed by atoms with Gasteiger partial charge in [-0.15, -0.1) is 22.7 Å². The fraction of sp³-hybridized carbons (Fsp3) is 0.429. The highest BCUT2D eigenvalue weighted by molar-refractivity contribution is 7.12. The lowest BCUT2D eigenvalue weighted by Gasteiger charge is -2.02. The van der Waals surface area contributed by atoms with Crippen LogP contribution in [0.4, 0.5) is 0 Å². The van der Waals surface area contributed by atoms with Crippen molar-refractivity contribution in [3.63, 3.8) is 0 Å². The lowest BCUT2D eigenvalue weighted by molar-refractivity contribution is 0.0957. The maximum Gasteiger partial charge on any atom is 0.261 e. The maximum atomic E-state index is 11.9. The third kappa shape index (κ3) is 3.42. The van der Waals surface area contributed by atoms with Crippen LogP contribution in [0.15, 0.2) is 11.4 Å². The van der Waals surface area contributed by atoms with E-state index >= 15 is 0 Å². The van der Waals surface area contributed by atoms with E-state index in [1.165, 1.54) is 21.9 Å². The number of amides is 1. The number of hydrogen-bond donors (Lipinski definition) is 1. The Morgan fingerprint density at radius 1 is 1.42 bits per heavy atom. The first-order valence-electron chi connectivity index (χ1n) is 6.39. The summed E-state index contributed by atoms with van der Waals surface area (Å²) in [5.74, 6) is 0.0245. The first-order valence-corrected chi connectivity index (χ1v) is 8.09. The molecule has 0 spiro atoms. The second kappa shape index (κ2) is 6.30. The molecule has 0 aliphatic rings. The summed E-state index contributed by atoms with van der Waals surface area (Å²) in [6.45, 7) is 6.83. The van der Waals surface area contributed by atoms with Crippen LogP contribution in [-0.2, 0) is 12.8 Å².